The minimum Gasteiger partial charge on any atom is -0.453 e. The molecule has 2 heterocycles. The van der Waals surface area contributed by atoms with Gasteiger partial charge < -0.3 is 13.7 Å². The summed E-state index contributed by atoms with van der Waals surface area (Å²) in [6.45, 7) is 1.84. The molecule has 0 bridgehead atoms. The Labute approximate surface area is 103 Å². The Hall–Kier alpha value is -2.14. The lowest BCUT2D eigenvalue weighted by Gasteiger charge is -2.00. The van der Waals surface area contributed by atoms with Gasteiger partial charge in [-0.05, 0) is 19.1 Å². The van der Waals surface area contributed by atoms with E-state index in [4.69, 9.17) is 13.7 Å². The van der Waals surface area contributed by atoms with Gasteiger partial charge in [-0.1, -0.05) is 23.4 Å². The molecule has 0 saturated heterocycles. The number of benzene rings is 1. The molecule has 92 valence electrons. The number of ether oxygens (including phenoxy) is 1. The third kappa shape index (κ3) is 1.78. The third-order valence-electron chi connectivity index (χ3n) is 2.79. The number of fused-ring (bicyclic) bond motifs is 1. The molecule has 0 fully saturated rings. The van der Waals surface area contributed by atoms with Crippen LogP contribution < -0.4 is 0 Å². The van der Waals surface area contributed by atoms with Gasteiger partial charge >= 0.3 is 0 Å². The smallest absolute Gasteiger partial charge is 0.255 e. The molecular weight excluding hydrogens is 232 g/mol. The summed E-state index contributed by atoms with van der Waals surface area (Å²) in [6.07, 6.45) is -0.226. The second-order valence-electron chi connectivity index (χ2n) is 3.98. The lowest BCUT2D eigenvalue weighted by Crippen LogP contribution is -1.95. The largest absolute Gasteiger partial charge is 0.453 e. The van der Waals surface area contributed by atoms with E-state index >= 15 is 0 Å². The first-order valence-electron chi connectivity index (χ1n) is 5.63. The van der Waals surface area contributed by atoms with E-state index < -0.39 is 0 Å². The highest BCUT2D eigenvalue weighted by molar-refractivity contribution is 5.81. The van der Waals surface area contributed by atoms with Gasteiger partial charge in [-0.15, -0.1) is 0 Å². The van der Waals surface area contributed by atoms with E-state index in [1.54, 1.807) is 7.11 Å². The SMILES string of the molecule is CO[C@@H](C)c1nc(-c2cc3ccccc3o2)no1. The molecule has 2 aromatic heterocycles. The highest BCUT2D eigenvalue weighted by atomic mass is 16.5. The highest BCUT2D eigenvalue weighted by Crippen LogP contribution is 2.26. The average Bonchev–Trinajstić information content (AvgIpc) is 3.03. The first-order chi connectivity index (χ1) is 8.78. The standard InChI is InChI=1S/C13H12N2O3/c1-8(16-2)13-14-12(15-18-13)11-7-9-5-3-4-6-10(9)17-11/h3-8H,1-2H3/t8-/m0/s1. The molecule has 5 heteroatoms. The van der Waals surface area contributed by atoms with Crippen molar-refractivity contribution in [2.45, 2.75) is 13.0 Å². The van der Waals surface area contributed by atoms with E-state index in [2.05, 4.69) is 10.1 Å². The Morgan fingerprint density at radius 2 is 2.11 bits per heavy atom. The molecule has 0 amide bonds. The Morgan fingerprint density at radius 1 is 1.28 bits per heavy atom. The van der Waals surface area contributed by atoms with Crippen molar-refractivity contribution in [1.82, 2.24) is 10.1 Å². The van der Waals surface area contributed by atoms with Gasteiger partial charge in [0.1, 0.15) is 11.7 Å². The van der Waals surface area contributed by atoms with Crippen LogP contribution in [-0.4, -0.2) is 17.3 Å². The monoisotopic (exact) mass is 244 g/mol. The van der Waals surface area contributed by atoms with Crippen molar-refractivity contribution < 1.29 is 13.7 Å². The molecule has 0 radical (unpaired) electrons. The Bertz CT molecular complexity index is 638. The molecule has 0 aliphatic rings. The van der Waals surface area contributed by atoms with E-state index in [0.717, 1.165) is 11.0 Å². The Morgan fingerprint density at radius 3 is 2.89 bits per heavy atom. The van der Waals surface area contributed by atoms with E-state index in [1.807, 2.05) is 37.3 Å². The summed E-state index contributed by atoms with van der Waals surface area (Å²) < 4.78 is 15.9. The average molecular weight is 244 g/mol. The van der Waals surface area contributed by atoms with Crippen molar-refractivity contribution in [3.05, 3.63) is 36.2 Å². The number of rotatable bonds is 3. The molecule has 0 unspecified atom stereocenters. The van der Waals surface area contributed by atoms with Gasteiger partial charge in [0.15, 0.2) is 5.76 Å². The normalized spacial score (nSPS) is 13.0. The summed E-state index contributed by atoms with van der Waals surface area (Å²) in [7, 11) is 1.59. The number of nitrogens with zero attached hydrogens (tertiary/aromatic N) is 2. The van der Waals surface area contributed by atoms with Crippen molar-refractivity contribution in [2.24, 2.45) is 0 Å². The number of para-hydroxylation sites is 1. The van der Waals surface area contributed by atoms with E-state index in [1.165, 1.54) is 0 Å². The van der Waals surface area contributed by atoms with Crippen molar-refractivity contribution in [1.29, 1.82) is 0 Å². The van der Waals surface area contributed by atoms with Crippen LogP contribution in [0.3, 0.4) is 0 Å². The summed E-state index contributed by atoms with van der Waals surface area (Å²) in [6, 6.07) is 9.64. The Kier molecular flexibility index (Phi) is 2.60. The maximum absolute atomic E-state index is 5.65. The van der Waals surface area contributed by atoms with Crippen LogP contribution in [0.25, 0.3) is 22.6 Å². The molecule has 0 aliphatic carbocycles. The first-order valence-corrected chi connectivity index (χ1v) is 5.63. The summed E-state index contributed by atoms with van der Waals surface area (Å²) in [5, 5.41) is 4.90. The zero-order valence-electron chi connectivity index (χ0n) is 10.1. The lowest BCUT2D eigenvalue weighted by atomic mass is 10.2. The van der Waals surface area contributed by atoms with Crippen LogP contribution in [-0.2, 0) is 4.74 Å². The fourth-order valence-corrected chi connectivity index (χ4v) is 1.69. The van der Waals surface area contributed by atoms with Gasteiger partial charge in [-0.2, -0.15) is 4.98 Å². The molecule has 0 spiro atoms. The summed E-state index contributed by atoms with van der Waals surface area (Å²) in [5.74, 6) is 1.47. The molecule has 3 rings (SSSR count). The highest BCUT2D eigenvalue weighted by Gasteiger charge is 2.17. The first kappa shape index (κ1) is 11.0. The van der Waals surface area contributed by atoms with Gasteiger partial charge in [0.05, 0.1) is 0 Å². The maximum Gasteiger partial charge on any atom is 0.255 e. The van der Waals surface area contributed by atoms with Gasteiger partial charge in [0.25, 0.3) is 5.89 Å². The molecule has 0 aliphatic heterocycles. The number of hydrogen-bond donors (Lipinski definition) is 0. The van der Waals surface area contributed by atoms with Crippen molar-refractivity contribution in [3.63, 3.8) is 0 Å². The van der Waals surface area contributed by atoms with Crippen LogP contribution in [0.4, 0.5) is 0 Å². The fourth-order valence-electron chi connectivity index (χ4n) is 1.69. The minimum atomic E-state index is -0.226. The molecule has 5 nitrogen and oxygen atoms in total. The molecule has 18 heavy (non-hydrogen) atoms. The zero-order chi connectivity index (χ0) is 12.5. The second-order valence-corrected chi connectivity index (χ2v) is 3.98. The summed E-state index contributed by atoms with van der Waals surface area (Å²) in [4.78, 5) is 4.25. The lowest BCUT2D eigenvalue weighted by molar-refractivity contribution is 0.0886. The molecule has 1 aromatic carbocycles. The topological polar surface area (TPSA) is 61.3 Å². The number of aromatic nitrogens is 2. The van der Waals surface area contributed by atoms with Gasteiger partial charge in [0, 0.05) is 12.5 Å². The molecule has 0 saturated carbocycles. The minimum absolute atomic E-state index is 0.226. The van der Waals surface area contributed by atoms with Crippen molar-refractivity contribution >= 4 is 11.0 Å². The second kappa shape index (κ2) is 4.27. The zero-order valence-corrected chi connectivity index (χ0v) is 10.1. The van der Waals surface area contributed by atoms with Crippen LogP contribution >= 0.6 is 0 Å². The number of furan rings is 1. The number of hydrogen-bond acceptors (Lipinski definition) is 5. The molecule has 0 N–H and O–H groups in total. The van der Waals surface area contributed by atoms with Gasteiger partial charge in [-0.3, -0.25) is 0 Å². The van der Waals surface area contributed by atoms with E-state index in [0.29, 0.717) is 17.5 Å². The molecule has 3 aromatic rings. The number of methoxy groups -OCH3 is 1. The molecule has 1 atom stereocenters. The predicted molar refractivity (Wildman–Crippen MR) is 64.9 cm³/mol. The fraction of sp³-hybridized carbons (Fsp3) is 0.231. The van der Waals surface area contributed by atoms with Gasteiger partial charge in [-0.25, -0.2) is 0 Å². The van der Waals surface area contributed by atoms with Crippen LogP contribution in [0.5, 0.6) is 0 Å². The molecular formula is C13H12N2O3. The third-order valence-corrected chi connectivity index (χ3v) is 2.79. The Balaban J connectivity index is 2.01. The predicted octanol–water partition coefficient (Wildman–Crippen LogP) is 3.19. The quantitative estimate of drug-likeness (QED) is 0.708. The van der Waals surface area contributed by atoms with Crippen LogP contribution in [0, 0.1) is 0 Å². The van der Waals surface area contributed by atoms with Crippen LogP contribution in [0.1, 0.15) is 18.9 Å². The van der Waals surface area contributed by atoms with Gasteiger partial charge in [0.2, 0.25) is 5.82 Å². The summed E-state index contributed by atoms with van der Waals surface area (Å²) in [5.41, 5.74) is 0.804. The van der Waals surface area contributed by atoms with E-state index in [-0.39, 0.29) is 6.10 Å². The van der Waals surface area contributed by atoms with Crippen molar-refractivity contribution in [3.8, 4) is 11.6 Å². The summed E-state index contributed by atoms with van der Waals surface area (Å²) >= 11 is 0. The van der Waals surface area contributed by atoms with Crippen molar-refractivity contribution in [2.75, 3.05) is 7.11 Å². The van der Waals surface area contributed by atoms with E-state index in [9.17, 15) is 0 Å². The van der Waals surface area contributed by atoms with Crippen LogP contribution in [0.15, 0.2) is 39.3 Å². The van der Waals surface area contributed by atoms with Crippen LogP contribution in [0.2, 0.25) is 0 Å². The maximum atomic E-state index is 5.65.